The monoisotopic (exact) mass is 325 g/mol. The zero-order valence-electron chi connectivity index (χ0n) is 13.9. The molecule has 0 bridgehead atoms. The van der Waals surface area contributed by atoms with Gasteiger partial charge in [0, 0.05) is 25.9 Å². The smallest absolute Gasteiger partial charge is 0.191 e. The van der Waals surface area contributed by atoms with Crippen molar-refractivity contribution in [1.82, 2.24) is 10.6 Å². The SMILES string of the molecule is CN=C(NCCc1ccccc1C)NC(C)CCS(C)(=O)=O. The zero-order chi connectivity index (χ0) is 16.6. The van der Waals surface area contributed by atoms with Gasteiger partial charge < -0.3 is 10.6 Å². The third-order valence-electron chi connectivity index (χ3n) is 3.48. The molecule has 22 heavy (non-hydrogen) atoms. The number of benzene rings is 1. The summed E-state index contributed by atoms with van der Waals surface area (Å²) in [6.07, 6.45) is 2.75. The van der Waals surface area contributed by atoms with Crippen molar-refractivity contribution in [1.29, 1.82) is 0 Å². The van der Waals surface area contributed by atoms with E-state index in [9.17, 15) is 8.42 Å². The molecule has 0 heterocycles. The molecule has 124 valence electrons. The average molecular weight is 325 g/mol. The highest BCUT2D eigenvalue weighted by Gasteiger charge is 2.09. The van der Waals surface area contributed by atoms with E-state index < -0.39 is 9.84 Å². The maximum atomic E-state index is 11.2. The fourth-order valence-electron chi connectivity index (χ4n) is 2.10. The van der Waals surface area contributed by atoms with Crippen LogP contribution in [0.5, 0.6) is 0 Å². The Labute approximate surface area is 134 Å². The number of nitrogens with one attached hydrogen (secondary N) is 2. The molecule has 6 heteroatoms. The lowest BCUT2D eigenvalue weighted by Gasteiger charge is -2.17. The maximum absolute atomic E-state index is 11.2. The second-order valence-corrected chi connectivity index (χ2v) is 7.90. The Bertz CT molecular complexity index is 597. The number of hydrogen-bond donors (Lipinski definition) is 2. The van der Waals surface area contributed by atoms with Gasteiger partial charge in [-0.2, -0.15) is 0 Å². The van der Waals surface area contributed by atoms with Crippen LogP contribution in [0.4, 0.5) is 0 Å². The summed E-state index contributed by atoms with van der Waals surface area (Å²) in [6.45, 7) is 4.85. The predicted molar refractivity (Wildman–Crippen MR) is 93.2 cm³/mol. The van der Waals surface area contributed by atoms with Gasteiger partial charge >= 0.3 is 0 Å². The van der Waals surface area contributed by atoms with Gasteiger partial charge in [0.05, 0.1) is 5.75 Å². The molecule has 0 aliphatic carbocycles. The molecule has 1 unspecified atom stereocenters. The first kappa shape index (κ1) is 18.5. The second-order valence-electron chi connectivity index (χ2n) is 5.64. The molecule has 1 atom stereocenters. The predicted octanol–water partition coefficient (Wildman–Crippen LogP) is 1.53. The van der Waals surface area contributed by atoms with Crippen LogP contribution in [0.3, 0.4) is 0 Å². The molecular formula is C16H27N3O2S. The minimum absolute atomic E-state index is 0.0550. The van der Waals surface area contributed by atoms with Crippen LogP contribution in [-0.4, -0.2) is 46.0 Å². The van der Waals surface area contributed by atoms with Gasteiger partial charge in [-0.15, -0.1) is 0 Å². The summed E-state index contributed by atoms with van der Waals surface area (Å²) in [6, 6.07) is 8.37. The topological polar surface area (TPSA) is 70.6 Å². The molecule has 1 aromatic carbocycles. The first-order chi connectivity index (χ1) is 10.3. The van der Waals surface area contributed by atoms with Gasteiger partial charge in [-0.05, 0) is 37.8 Å². The van der Waals surface area contributed by atoms with Crippen LogP contribution >= 0.6 is 0 Å². The van der Waals surface area contributed by atoms with E-state index in [0.29, 0.717) is 12.4 Å². The molecule has 0 amide bonds. The molecule has 0 aliphatic rings. The number of guanidine groups is 1. The van der Waals surface area contributed by atoms with Crippen molar-refractivity contribution >= 4 is 15.8 Å². The minimum Gasteiger partial charge on any atom is -0.356 e. The van der Waals surface area contributed by atoms with Crippen LogP contribution in [-0.2, 0) is 16.3 Å². The molecule has 0 aromatic heterocycles. The van der Waals surface area contributed by atoms with Crippen molar-refractivity contribution < 1.29 is 8.42 Å². The van der Waals surface area contributed by atoms with Gasteiger partial charge in [-0.25, -0.2) is 8.42 Å². The number of aryl methyl sites for hydroxylation is 1. The lowest BCUT2D eigenvalue weighted by Crippen LogP contribution is -2.43. The molecule has 0 radical (unpaired) electrons. The minimum atomic E-state index is -2.92. The van der Waals surface area contributed by atoms with Gasteiger partial charge in [-0.3, -0.25) is 4.99 Å². The molecule has 0 saturated carbocycles. The van der Waals surface area contributed by atoms with E-state index in [1.54, 1.807) is 7.05 Å². The van der Waals surface area contributed by atoms with Gasteiger partial charge in [0.15, 0.2) is 5.96 Å². The Hall–Kier alpha value is -1.56. The summed E-state index contributed by atoms with van der Waals surface area (Å²) < 4.78 is 22.4. The quantitative estimate of drug-likeness (QED) is 0.589. The van der Waals surface area contributed by atoms with Crippen LogP contribution in [0.25, 0.3) is 0 Å². The summed E-state index contributed by atoms with van der Waals surface area (Å²) in [5.41, 5.74) is 2.60. The highest BCUT2D eigenvalue weighted by molar-refractivity contribution is 7.90. The third kappa shape index (κ3) is 7.45. The molecule has 5 nitrogen and oxygen atoms in total. The van der Waals surface area contributed by atoms with E-state index in [1.807, 2.05) is 19.1 Å². The number of rotatable bonds is 7. The van der Waals surface area contributed by atoms with Crippen molar-refractivity contribution in [2.75, 3.05) is 25.6 Å². The average Bonchev–Trinajstić information content (AvgIpc) is 2.45. The van der Waals surface area contributed by atoms with E-state index in [-0.39, 0.29) is 11.8 Å². The van der Waals surface area contributed by atoms with Gasteiger partial charge in [0.2, 0.25) is 0 Å². The number of hydrogen-bond acceptors (Lipinski definition) is 3. The van der Waals surface area contributed by atoms with E-state index in [4.69, 9.17) is 0 Å². The third-order valence-corrected chi connectivity index (χ3v) is 4.45. The number of nitrogens with zero attached hydrogens (tertiary/aromatic N) is 1. The summed E-state index contributed by atoms with van der Waals surface area (Å²) in [7, 11) is -1.21. The van der Waals surface area contributed by atoms with Crippen LogP contribution in [0, 0.1) is 6.92 Å². The Morgan fingerprint density at radius 2 is 2.00 bits per heavy atom. The molecule has 0 fully saturated rings. The molecule has 1 aromatic rings. The molecular weight excluding hydrogens is 298 g/mol. The maximum Gasteiger partial charge on any atom is 0.191 e. The molecule has 2 N–H and O–H groups in total. The Morgan fingerprint density at radius 3 is 2.59 bits per heavy atom. The van der Waals surface area contributed by atoms with Crippen molar-refractivity contribution in [3.05, 3.63) is 35.4 Å². The molecule has 0 saturated heterocycles. The van der Waals surface area contributed by atoms with E-state index >= 15 is 0 Å². The van der Waals surface area contributed by atoms with Crippen molar-refractivity contribution in [3.8, 4) is 0 Å². The highest BCUT2D eigenvalue weighted by Crippen LogP contribution is 2.06. The van der Waals surface area contributed by atoms with E-state index in [2.05, 4.69) is 34.7 Å². The normalized spacial score (nSPS) is 13.7. The molecule has 0 spiro atoms. The summed E-state index contributed by atoms with van der Waals surface area (Å²) in [5.74, 6) is 0.885. The largest absolute Gasteiger partial charge is 0.356 e. The first-order valence-electron chi connectivity index (χ1n) is 7.51. The highest BCUT2D eigenvalue weighted by atomic mass is 32.2. The van der Waals surface area contributed by atoms with Crippen LogP contribution in [0.15, 0.2) is 29.3 Å². The van der Waals surface area contributed by atoms with Crippen LogP contribution in [0.2, 0.25) is 0 Å². The van der Waals surface area contributed by atoms with E-state index in [0.717, 1.165) is 13.0 Å². The Morgan fingerprint density at radius 1 is 1.32 bits per heavy atom. The number of aliphatic imine (C=N–C) groups is 1. The lowest BCUT2D eigenvalue weighted by molar-refractivity contribution is 0.581. The Balaban J connectivity index is 2.38. The van der Waals surface area contributed by atoms with Crippen LogP contribution < -0.4 is 10.6 Å². The fraction of sp³-hybridized carbons (Fsp3) is 0.562. The molecule has 1 rings (SSSR count). The van der Waals surface area contributed by atoms with Gasteiger partial charge in [0.25, 0.3) is 0 Å². The lowest BCUT2D eigenvalue weighted by atomic mass is 10.1. The van der Waals surface area contributed by atoms with Crippen molar-refractivity contribution in [3.63, 3.8) is 0 Å². The summed E-state index contributed by atoms with van der Waals surface area (Å²) >= 11 is 0. The second kappa shape index (κ2) is 8.78. The summed E-state index contributed by atoms with van der Waals surface area (Å²) in [5, 5.41) is 6.48. The van der Waals surface area contributed by atoms with Crippen LogP contribution in [0.1, 0.15) is 24.5 Å². The van der Waals surface area contributed by atoms with E-state index in [1.165, 1.54) is 17.4 Å². The van der Waals surface area contributed by atoms with Gasteiger partial charge in [0.1, 0.15) is 9.84 Å². The fourth-order valence-corrected chi connectivity index (χ4v) is 2.88. The zero-order valence-corrected chi connectivity index (χ0v) is 14.7. The standard InChI is InChI=1S/C16H27N3O2S/c1-13-7-5-6-8-15(13)9-11-18-16(17-3)19-14(2)10-12-22(4,20)21/h5-8,14H,9-12H2,1-4H3,(H2,17,18,19). The summed E-state index contributed by atoms with van der Waals surface area (Å²) in [4.78, 5) is 4.17. The van der Waals surface area contributed by atoms with Gasteiger partial charge in [-0.1, -0.05) is 24.3 Å². The number of sulfone groups is 1. The van der Waals surface area contributed by atoms with Crippen molar-refractivity contribution in [2.45, 2.75) is 32.7 Å². The Kier molecular flexibility index (Phi) is 7.38. The van der Waals surface area contributed by atoms with Crippen molar-refractivity contribution in [2.24, 2.45) is 4.99 Å². The first-order valence-corrected chi connectivity index (χ1v) is 9.57. The molecule has 0 aliphatic heterocycles.